The van der Waals surface area contributed by atoms with E-state index in [9.17, 15) is 0 Å². The normalized spacial score (nSPS) is 21.2. The quantitative estimate of drug-likeness (QED) is 0.592. The van der Waals surface area contributed by atoms with E-state index >= 15 is 0 Å². The lowest BCUT2D eigenvalue weighted by Gasteiger charge is -2.37. The molecule has 1 saturated heterocycles. The molecular formula is C16H27N3O2. The molecular weight excluding hydrogens is 266 g/mol. The lowest BCUT2D eigenvalue weighted by molar-refractivity contribution is -0.0474. The Bertz CT molecular complexity index is 426. The average molecular weight is 293 g/mol. The molecule has 0 aromatic heterocycles. The van der Waals surface area contributed by atoms with Gasteiger partial charge >= 0.3 is 0 Å². The third-order valence-corrected chi connectivity index (χ3v) is 3.82. The Balaban J connectivity index is 2.15. The summed E-state index contributed by atoms with van der Waals surface area (Å²) in [5, 5.41) is 0. The van der Waals surface area contributed by atoms with Crippen LogP contribution in [0.5, 0.6) is 5.75 Å². The molecule has 0 radical (unpaired) electrons. The minimum absolute atomic E-state index is 0.0388. The molecule has 0 bridgehead atoms. The van der Waals surface area contributed by atoms with E-state index in [1.165, 1.54) is 0 Å². The summed E-state index contributed by atoms with van der Waals surface area (Å²) < 4.78 is 11.7. The molecule has 1 aromatic carbocycles. The van der Waals surface area contributed by atoms with E-state index in [1.807, 2.05) is 25.1 Å². The average Bonchev–Trinajstić information content (AvgIpc) is 2.51. The summed E-state index contributed by atoms with van der Waals surface area (Å²) in [4.78, 5) is 2.43. The zero-order valence-corrected chi connectivity index (χ0v) is 13.0. The summed E-state index contributed by atoms with van der Waals surface area (Å²) in [6.07, 6.45) is 1.19. The topological polar surface area (TPSA) is 59.8 Å². The van der Waals surface area contributed by atoms with Crippen LogP contribution in [-0.2, 0) is 4.74 Å². The van der Waals surface area contributed by atoms with Crippen molar-refractivity contribution in [1.82, 2.24) is 10.3 Å². The van der Waals surface area contributed by atoms with E-state index < -0.39 is 0 Å². The number of benzene rings is 1. The molecule has 2 rings (SSSR count). The Labute approximate surface area is 127 Å². The van der Waals surface area contributed by atoms with E-state index in [4.69, 9.17) is 15.3 Å². The first kappa shape index (κ1) is 16.2. The van der Waals surface area contributed by atoms with Crippen molar-refractivity contribution in [3.05, 3.63) is 29.8 Å². The summed E-state index contributed by atoms with van der Waals surface area (Å²) in [6, 6.07) is 7.96. The maximum Gasteiger partial charge on any atom is 0.124 e. The van der Waals surface area contributed by atoms with Gasteiger partial charge in [-0.1, -0.05) is 25.1 Å². The maximum absolute atomic E-state index is 5.96. The molecule has 1 aromatic rings. The Hall–Kier alpha value is -1.14. The molecule has 5 heteroatoms. The van der Waals surface area contributed by atoms with Gasteiger partial charge in [-0.05, 0) is 26.0 Å². The van der Waals surface area contributed by atoms with Crippen molar-refractivity contribution in [2.45, 2.75) is 32.4 Å². The number of hydrogen-bond acceptors (Lipinski definition) is 5. The molecule has 0 aliphatic carbocycles. The van der Waals surface area contributed by atoms with Gasteiger partial charge in [0.25, 0.3) is 0 Å². The molecule has 2 atom stereocenters. The van der Waals surface area contributed by atoms with Crippen LogP contribution in [-0.4, -0.2) is 43.9 Å². The fourth-order valence-electron chi connectivity index (χ4n) is 2.87. The summed E-state index contributed by atoms with van der Waals surface area (Å²) in [6.45, 7) is 8.57. The van der Waals surface area contributed by atoms with Gasteiger partial charge in [-0.3, -0.25) is 16.2 Å². The molecule has 3 N–H and O–H groups in total. The van der Waals surface area contributed by atoms with Crippen LogP contribution in [0.15, 0.2) is 24.3 Å². The molecule has 5 nitrogen and oxygen atoms in total. The van der Waals surface area contributed by atoms with Gasteiger partial charge in [-0.2, -0.15) is 0 Å². The molecule has 1 heterocycles. The van der Waals surface area contributed by atoms with Crippen molar-refractivity contribution < 1.29 is 9.47 Å². The molecule has 2 unspecified atom stereocenters. The van der Waals surface area contributed by atoms with Crippen molar-refractivity contribution >= 4 is 0 Å². The fraction of sp³-hybridized carbons (Fsp3) is 0.625. The monoisotopic (exact) mass is 293 g/mol. The zero-order chi connectivity index (χ0) is 15.1. The summed E-state index contributed by atoms with van der Waals surface area (Å²) in [5.74, 6) is 6.69. The standard InChI is InChI=1S/C16H27N3O2/c1-3-9-19-10-11-21-15(12-19)16(18-17)13-7-5-6-8-14(13)20-4-2/h5-8,15-16,18H,3-4,9-12,17H2,1-2H3. The number of rotatable bonds is 7. The van der Waals surface area contributed by atoms with Gasteiger partial charge in [0.05, 0.1) is 25.4 Å². The van der Waals surface area contributed by atoms with Gasteiger partial charge in [-0.25, -0.2) is 0 Å². The number of hydrogen-bond donors (Lipinski definition) is 2. The Morgan fingerprint density at radius 1 is 1.43 bits per heavy atom. The first-order chi connectivity index (χ1) is 10.3. The van der Waals surface area contributed by atoms with Crippen LogP contribution in [0.2, 0.25) is 0 Å². The van der Waals surface area contributed by atoms with Crippen LogP contribution in [0.1, 0.15) is 31.9 Å². The van der Waals surface area contributed by atoms with E-state index in [2.05, 4.69) is 23.3 Å². The van der Waals surface area contributed by atoms with Gasteiger partial charge in [0.2, 0.25) is 0 Å². The molecule has 0 saturated carbocycles. The number of ether oxygens (including phenoxy) is 2. The van der Waals surface area contributed by atoms with Crippen LogP contribution in [0, 0.1) is 0 Å². The zero-order valence-electron chi connectivity index (χ0n) is 13.0. The maximum atomic E-state index is 5.96. The highest BCUT2D eigenvalue weighted by Crippen LogP contribution is 2.29. The Morgan fingerprint density at radius 2 is 2.24 bits per heavy atom. The van der Waals surface area contributed by atoms with Gasteiger partial charge in [-0.15, -0.1) is 0 Å². The first-order valence-electron chi connectivity index (χ1n) is 7.82. The predicted octanol–water partition coefficient (Wildman–Crippen LogP) is 1.70. The summed E-state index contributed by atoms with van der Waals surface area (Å²) >= 11 is 0. The largest absolute Gasteiger partial charge is 0.494 e. The number of morpholine rings is 1. The molecule has 21 heavy (non-hydrogen) atoms. The number of nitrogens with zero attached hydrogens (tertiary/aromatic N) is 1. The highest BCUT2D eigenvalue weighted by atomic mass is 16.5. The van der Waals surface area contributed by atoms with Gasteiger partial charge in [0.15, 0.2) is 0 Å². The molecule has 1 fully saturated rings. The SMILES string of the molecule is CCCN1CCOC(C(NN)c2ccccc2OCC)C1. The molecule has 0 amide bonds. The third kappa shape index (κ3) is 4.17. The van der Waals surface area contributed by atoms with Crippen molar-refractivity contribution in [2.75, 3.05) is 32.8 Å². The van der Waals surface area contributed by atoms with Crippen LogP contribution in [0.25, 0.3) is 0 Å². The fourth-order valence-corrected chi connectivity index (χ4v) is 2.87. The molecule has 1 aliphatic heterocycles. The number of hydrazine groups is 1. The smallest absolute Gasteiger partial charge is 0.124 e. The molecule has 0 spiro atoms. The van der Waals surface area contributed by atoms with Gasteiger partial charge in [0.1, 0.15) is 5.75 Å². The van der Waals surface area contributed by atoms with E-state index in [0.717, 1.165) is 44.0 Å². The lowest BCUT2D eigenvalue weighted by Crippen LogP contribution is -2.49. The van der Waals surface area contributed by atoms with Crippen LogP contribution < -0.4 is 16.0 Å². The number of nitrogens with one attached hydrogen (secondary N) is 1. The minimum atomic E-state index is -0.0626. The minimum Gasteiger partial charge on any atom is -0.494 e. The Morgan fingerprint density at radius 3 is 2.95 bits per heavy atom. The van der Waals surface area contributed by atoms with Crippen LogP contribution >= 0.6 is 0 Å². The Kier molecular flexibility index (Phi) is 6.45. The van der Waals surface area contributed by atoms with Gasteiger partial charge in [0, 0.05) is 18.7 Å². The van der Waals surface area contributed by atoms with Crippen LogP contribution in [0.3, 0.4) is 0 Å². The van der Waals surface area contributed by atoms with Crippen molar-refractivity contribution in [3.63, 3.8) is 0 Å². The summed E-state index contributed by atoms with van der Waals surface area (Å²) in [5.41, 5.74) is 3.98. The molecule has 118 valence electrons. The molecule has 1 aliphatic rings. The van der Waals surface area contributed by atoms with Crippen LogP contribution in [0.4, 0.5) is 0 Å². The lowest BCUT2D eigenvalue weighted by atomic mass is 9.99. The van der Waals surface area contributed by atoms with Crippen molar-refractivity contribution in [1.29, 1.82) is 0 Å². The predicted molar refractivity (Wildman–Crippen MR) is 84.1 cm³/mol. The van der Waals surface area contributed by atoms with E-state index in [1.54, 1.807) is 0 Å². The highest BCUT2D eigenvalue weighted by Gasteiger charge is 2.30. The van der Waals surface area contributed by atoms with E-state index in [0.29, 0.717) is 6.61 Å². The van der Waals surface area contributed by atoms with E-state index in [-0.39, 0.29) is 12.1 Å². The second-order valence-electron chi connectivity index (χ2n) is 5.33. The van der Waals surface area contributed by atoms with Gasteiger partial charge < -0.3 is 9.47 Å². The first-order valence-corrected chi connectivity index (χ1v) is 7.82. The second kappa shape index (κ2) is 8.34. The summed E-state index contributed by atoms with van der Waals surface area (Å²) in [7, 11) is 0. The second-order valence-corrected chi connectivity index (χ2v) is 5.33. The van der Waals surface area contributed by atoms with Crippen molar-refractivity contribution in [3.8, 4) is 5.75 Å². The number of nitrogens with two attached hydrogens (primary N) is 1. The highest BCUT2D eigenvalue weighted by molar-refractivity contribution is 5.36. The van der Waals surface area contributed by atoms with Crippen molar-refractivity contribution in [2.24, 2.45) is 5.84 Å². The number of para-hydroxylation sites is 1. The third-order valence-electron chi connectivity index (χ3n) is 3.82.